The molecule has 4 heteroatoms. The second-order valence-electron chi connectivity index (χ2n) is 5.11. The first-order valence-corrected chi connectivity index (χ1v) is 6.86. The summed E-state index contributed by atoms with van der Waals surface area (Å²) in [6.45, 7) is 3.93. The SMILES string of the molecule is CC(C)Oc1ccccc1-c1ccc(CC#N)c(=O)n1C. The molecular formula is C17H18N2O2. The first-order valence-electron chi connectivity index (χ1n) is 6.86. The van der Waals surface area contributed by atoms with Crippen LogP contribution in [0, 0.1) is 11.3 Å². The number of pyridine rings is 1. The molecule has 0 aliphatic rings. The van der Waals surface area contributed by atoms with Gasteiger partial charge >= 0.3 is 0 Å². The van der Waals surface area contributed by atoms with Crippen LogP contribution in [0.25, 0.3) is 11.3 Å². The number of benzene rings is 1. The Morgan fingerprint density at radius 3 is 2.62 bits per heavy atom. The van der Waals surface area contributed by atoms with E-state index in [9.17, 15) is 4.79 Å². The zero-order chi connectivity index (χ0) is 15.4. The first kappa shape index (κ1) is 14.9. The standard InChI is InChI=1S/C17H18N2O2/c1-12(2)21-16-7-5-4-6-14(16)15-9-8-13(10-11-18)17(20)19(15)3/h4-9,12H,10H2,1-3H3. The van der Waals surface area contributed by atoms with Gasteiger partial charge in [-0.05, 0) is 32.0 Å². The Bertz CT molecular complexity index is 739. The fraction of sp³-hybridized carbons (Fsp3) is 0.294. The van der Waals surface area contributed by atoms with Crippen LogP contribution in [0.4, 0.5) is 0 Å². The first-order chi connectivity index (χ1) is 10.0. The molecule has 4 nitrogen and oxygen atoms in total. The topological polar surface area (TPSA) is 55.0 Å². The molecule has 2 aromatic rings. The molecule has 0 saturated carbocycles. The maximum atomic E-state index is 12.3. The van der Waals surface area contributed by atoms with Crippen molar-refractivity contribution in [1.29, 1.82) is 5.26 Å². The molecule has 21 heavy (non-hydrogen) atoms. The van der Waals surface area contributed by atoms with Gasteiger partial charge in [0, 0.05) is 18.2 Å². The van der Waals surface area contributed by atoms with Crippen molar-refractivity contribution < 1.29 is 4.74 Å². The van der Waals surface area contributed by atoms with Gasteiger partial charge < -0.3 is 9.30 Å². The molecule has 0 saturated heterocycles. The van der Waals surface area contributed by atoms with Gasteiger partial charge in [-0.2, -0.15) is 5.26 Å². The molecule has 1 aromatic carbocycles. The number of ether oxygens (including phenoxy) is 1. The number of nitriles is 1. The molecular weight excluding hydrogens is 264 g/mol. The lowest BCUT2D eigenvalue weighted by Crippen LogP contribution is -2.22. The van der Waals surface area contributed by atoms with Crippen molar-refractivity contribution in [3.8, 4) is 23.1 Å². The third-order valence-corrected chi connectivity index (χ3v) is 3.18. The van der Waals surface area contributed by atoms with E-state index in [-0.39, 0.29) is 18.1 Å². The molecule has 0 unspecified atom stereocenters. The van der Waals surface area contributed by atoms with E-state index in [1.54, 1.807) is 17.7 Å². The highest BCUT2D eigenvalue weighted by molar-refractivity contribution is 5.67. The molecule has 0 aliphatic carbocycles. The van der Waals surface area contributed by atoms with Gasteiger partial charge in [0.1, 0.15) is 5.75 Å². The number of aromatic nitrogens is 1. The van der Waals surface area contributed by atoms with E-state index in [1.165, 1.54) is 0 Å². The lowest BCUT2D eigenvalue weighted by atomic mass is 10.1. The van der Waals surface area contributed by atoms with Gasteiger partial charge in [-0.1, -0.05) is 18.2 Å². The zero-order valence-electron chi connectivity index (χ0n) is 12.5. The van der Waals surface area contributed by atoms with Crippen molar-refractivity contribution >= 4 is 0 Å². The highest BCUT2D eigenvalue weighted by Gasteiger charge is 2.12. The molecule has 0 amide bonds. The van der Waals surface area contributed by atoms with Crippen LogP contribution < -0.4 is 10.3 Å². The molecule has 0 radical (unpaired) electrons. The Kier molecular flexibility index (Phi) is 4.44. The summed E-state index contributed by atoms with van der Waals surface area (Å²) < 4.78 is 7.37. The Morgan fingerprint density at radius 1 is 1.24 bits per heavy atom. The third kappa shape index (κ3) is 3.14. The fourth-order valence-electron chi connectivity index (χ4n) is 2.21. The maximum absolute atomic E-state index is 12.3. The number of rotatable bonds is 4. The Balaban J connectivity index is 2.56. The number of hydrogen-bond donors (Lipinski definition) is 0. The molecule has 2 rings (SSSR count). The Morgan fingerprint density at radius 2 is 1.95 bits per heavy atom. The van der Waals surface area contributed by atoms with Crippen LogP contribution in [-0.4, -0.2) is 10.7 Å². The summed E-state index contributed by atoms with van der Waals surface area (Å²) in [5, 5.41) is 8.75. The van der Waals surface area contributed by atoms with Crippen molar-refractivity contribution in [2.45, 2.75) is 26.4 Å². The maximum Gasteiger partial charge on any atom is 0.255 e. The average molecular weight is 282 g/mol. The van der Waals surface area contributed by atoms with Crippen molar-refractivity contribution in [3.05, 3.63) is 52.3 Å². The molecule has 0 N–H and O–H groups in total. The summed E-state index contributed by atoms with van der Waals surface area (Å²) in [6.07, 6.45) is 0.179. The summed E-state index contributed by atoms with van der Waals surface area (Å²) in [5.41, 5.74) is 2.01. The molecule has 0 fully saturated rings. The van der Waals surface area contributed by atoms with E-state index in [0.29, 0.717) is 5.56 Å². The average Bonchev–Trinajstić information content (AvgIpc) is 2.45. The van der Waals surface area contributed by atoms with E-state index >= 15 is 0 Å². The van der Waals surface area contributed by atoms with Crippen molar-refractivity contribution in [3.63, 3.8) is 0 Å². The van der Waals surface area contributed by atoms with Gasteiger partial charge in [-0.15, -0.1) is 0 Å². The molecule has 0 aliphatic heterocycles. The molecule has 1 heterocycles. The van der Waals surface area contributed by atoms with Gasteiger partial charge in [0.2, 0.25) is 0 Å². The minimum atomic E-state index is -0.145. The zero-order valence-corrected chi connectivity index (χ0v) is 12.5. The highest BCUT2D eigenvalue weighted by Crippen LogP contribution is 2.29. The number of para-hydroxylation sites is 1. The van der Waals surface area contributed by atoms with E-state index in [0.717, 1.165) is 17.0 Å². The van der Waals surface area contributed by atoms with Gasteiger partial charge in [0.05, 0.1) is 24.3 Å². The van der Waals surface area contributed by atoms with Gasteiger partial charge in [0.15, 0.2) is 0 Å². The second-order valence-corrected chi connectivity index (χ2v) is 5.11. The summed E-state index contributed by atoms with van der Waals surface area (Å²) in [5.74, 6) is 0.746. The molecule has 108 valence electrons. The predicted octanol–water partition coefficient (Wildman–Crippen LogP) is 2.91. The lowest BCUT2D eigenvalue weighted by Gasteiger charge is -2.16. The van der Waals surface area contributed by atoms with E-state index < -0.39 is 0 Å². The molecule has 0 atom stereocenters. The van der Waals surface area contributed by atoms with Crippen LogP contribution in [0.2, 0.25) is 0 Å². The summed E-state index contributed by atoms with van der Waals surface area (Å²) in [6, 6.07) is 13.2. The Hall–Kier alpha value is -2.54. The highest BCUT2D eigenvalue weighted by atomic mass is 16.5. The molecule has 0 bridgehead atoms. The van der Waals surface area contributed by atoms with Crippen LogP contribution >= 0.6 is 0 Å². The molecule has 0 spiro atoms. The van der Waals surface area contributed by atoms with Gasteiger partial charge in [-0.3, -0.25) is 4.79 Å². The van der Waals surface area contributed by atoms with Crippen molar-refractivity contribution in [1.82, 2.24) is 4.57 Å². The normalized spacial score (nSPS) is 10.4. The van der Waals surface area contributed by atoms with E-state index in [1.807, 2.05) is 50.2 Å². The van der Waals surface area contributed by atoms with Crippen LogP contribution in [0.1, 0.15) is 19.4 Å². The van der Waals surface area contributed by atoms with E-state index in [2.05, 4.69) is 0 Å². The van der Waals surface area contributed by atoms with E-state index in [4.69, 9.17) is 10.00 Å². The summed E-state index contributed by atoms with van der Waals surface area (Å²) in [4.78, 5) is 12.3. The van der Waals surface area contributed by atoms with Crippen LogP contribution in [0.3, 0.4) is 0 Å². The molecule has 1 aromatic heterocycles. The van der Waals surface area contributed by atoms with Crippen LogP contribution in [0.5, 0.6) is 5.75 Å². The Labute approximate surface area is 124 Å². The summed E-state index contributed by atoms with van der Waals surface area (Å²) >= 11 is 0. The van der Waals surface area contributed by atoms with Crippen molar-refractivity contribution in [2.75, 3.05) is 0 Å². The van der Waals surface area contributed by atoms with Crippen LogP contribution in [-0.2, 0) is 13.5 Å². The largest absolute Gasteiger partial charge is 0.490 e. The quantitative estimate of drug-likeness (QED) is 0.866. The number of nitrogens with zero attached hydrogens (tertiary/aromatic N) is 2. The third-order valence-electron chi connectivity index (χ3n) is 3.18. The monoisotopic (exact) mass is 282 g/mol. The smallest absolute Gasteiger partial charge is 0.255 e. The fourth-order valence-corrected chi connectivity index (χ4v) is 2.21. The second kappa shape index (κ2) is 6.27. The minimum Gasteiger partial charge on any atom is -0.490 e. The van der Waals surface area contributed by atoms with Gasteiger partial charge in [0.25, 0.3) is 5.56 Å². The lowest BCUT2D eigenvalue weighted by molar-refractivity contribution is 0.243. The number of hydrogen-bond acceptors (Lipinski definition) is 3. The van der Waals surface area contributed by atoms with Crippen LogP contribution in [0.15, 0.2) is 41.2 Å². The summed E-state index contributed by atoms with van der Waals surface area (Å²) in [7, 11) is 1.71. The predicted molar refractivity (Wildman–Crippen MR) is 82.2 cm³/mol. The van der Waals surface area contributed by atoms with Gasteiger partial charge in [-0.25, -0.2) is 0 Å². The van der Waals surface area contributed by atoms with Crippen molar-refractivity contribution in [2.24, 2.45) is 7.05 Å². The minimum absolute atomic E-state index is 0.0565.